The molecule has 0 aliphatic carbocycles. The van der Waals surface area contributed by atoms with Gasteiger partial charge in [0.1, 0.15) is 0 Å². The first kappa shape index (κ1) is 19.0. The summed E-state index contributed by atoms with van der Waals surface area (Å²) in [4.78, 5) is 0. The van der Waals surface area contributed by atoms with Crippen molar-refractivity contribution < 1.29 is 0 Å². The number of rotatable bonds is 0. The van der Waals surface area contributed by atoms with Gasteiger partial charge in [-0.2, -0.15) is 5.10 Å². The van der Waals surface area contributed by atoms with Crippen LogP contribution in [0.25, 0.3) is 10.9 Å². The van der Waals surface area contributed by atoms with Crippen molar-refractivity contribution in [3.8, 4) is 0 Å². The van der Waals surface area contributed by atoms with Crippen LogP contribution in [0, 0.1) is 13.8 Å². The van der Waals surface area contributed by atoms with Crippen LogP contribution in [0.1, 0.15) is 52.8 Å². The molecular formula is C16H30N2. The summed E-state index contributed by atoms with van der Waals surface area (Å²) in [5, 5.41) is 5.63. The fraction of sp³-hybridized carbons (Fsp3) is 0.562. The molecule has 0 amide bonds. The molecule has 2 heteroatoms. The van der Waals surface area contributed by atoms with Gasteiger partial charge in [-0.15, -0.1) is 0 Å². The van der Waals surface area contributed by atoms with Gasteiger partial charge in [-0.1, -0.05) is 59.7 Å². The van der Waals surface area contributed by atoms with Crippen molar-refractivity contribution in [1.82, 2.24) is 9.78 Å². The molecular weight excluding hydrogens is 220 g/mol. The highest BCUT2D eigenvalue weighted by Gasteiger charge is 2.04. The molecule has 0 saturated carbocycles. The molecule has 2 aromatic rings. The zero-order chi connectivity index (χ0) is 14.7. The van der Waals surface area contributed by atoms with Crippen LogP contribution < -0.4 is 0 Å². The molecule has 1 heterocycles. The van der Waals surface area contributed by atoms with E-state index in [-0.39, 0.29) is 0 Å². The van der Waals surface area contributed by atoms with Gasteiger partial charge in [0.25, 0.3) is 0 Å². The molecule has 0 fully saturated rings. The fourth-order valence-electron chi connectivity index (χ4n) is 1.71. The van der Waals surface area contributed by atoms with Crippen molar-refractivity contribution in [2.75, 3.05) is 0 Å². The van der Waals surface area contributed by atoms with Crippen LogP contribution in [-0.4, -0.2) is 9.78 Å². The second kappa shape index (κ2) is 10.8. The third kappa shape index (κ3) is 4.52. The van der Waals surface area contributed by atoms with E-state index in [0.29, 0.717) is 0 Å². The molecule has 0 atom stereocenters. The van der Waals surface area contributed by atoms with E-state index in [1.54, 1.807) is 0 Å². The second-order valence-electron chi connectivity index (χ2n) is 3.18. The first-order valence-corrected chi connectivity index (χ1v) is 7.09. The van der Waals surface area contributed by atoms with E-state index in [1.807, 2.05) is 60.2 Å². The highest BCUT2D eigenvalue weighted by atomic mass is 15.3. The Balaban J connectivity index is 0. The maximum Gasteiger partial charge on any atom is 0.0711 e. The van der Waals surface area contributed by atoms with Crippen molar-refractivity contribution in [3.63, 3.8) is 0 Å². The first-order valence-electron chi connectivity index (χ1n) is 7.09. The van der Waals surface area contributed by atoms with Gasteiger partial charge < -0.3 is 0 Å². The van der Waals surface area contributed by atoms with Crippen molar-refractivity contribution >= 4 is 10.9 Å². The van der Waals surface area contributed by atoms with Crippen molar-refractivity contribution in [1.29, 1.82) is 0 Å². The minimum atomic E-state index is 1.11. The Bertz CT molecular complexity index is 428. The van der Waals surface area contributed by atoms with Gasteiger partial charge in [0.2, 0.25) is 0 Å². The standard InChI is InChI=1S/C10H12N2.3C2H6/c1-7-5-4-6-9-8(2)11-12(3)10(7)9;3*1-2/h4-6H,1-3H3;3*1-2H3. The average Bonchev–Trinajstić information content (AvgIpc) is 2.73. The van der Waals surface area contributed by atoms with E-state index in [0.717, 1.165) is 5.69 Å². The normalized spacial score (nSPS) is 8.28. The van der Waals surface area contributed by atoms with Crippen LogP contribution in [0.4, 0.5) is 0 Å². The summed E-state index contributed by atoms with van der Waals surface area (Å²) < 4.78 is 1.94. The molecule has 0 saturated heterocycles. The SMILES string of the molecule is CC.CC.CC.Cc1nn(C)c2c(C)cccc12. The van der Waals surface area contributed by atoms with E-state index in [4.69, 9.17) is 0 Å². The maximum atomic E-state index is 4.37. The second-order valence-corrected chi connectivity index (χ2v) is 3.18. The van der Waals surface area contributed by atoms with Gasteiger partial charge >= 0.3 is 0 Å². The number of hydrogen-bond donors (Lipinski definition) is 0. The molecule has 0 unspecified atom stereocenters. The molecule has 1 aromatic heterocycles. The number of aryl methyl sites for hydroxylation is 3. The number of fused-ring (bicyclic) bond motifs is 1. The quantitative estimate of drug-likeness (QED) is 0.623. The fourth-order valence-corrected chi connectivity index (χ4v) is 1.71. The molecule has 1 aromatic carbocycles. The van der Waals surface area contributed by atoms with Crippen LogP contribution in [0.3, 0.4) is 0 Å². The summed E-state index contributed by atoms with van der Waals surface area (Å²) in [5.41, 5.74) is 3.64. The monoisotopic (exact) mass is 250 g/mol. The van der Waals surface area contributed by atoms with E-state index in [2.05, 4.69) is 30.2 Å². The minimum Gasteiger partial charge on any atom is -0.267 e. The number of nitrogens with zero attached hydrogens (tertiary/aromatic N) is 2. The van der Waals surface area contributed by atoms with E-state index < -0.39 is 0 Å². The lowest BCUT2D eigenvalue weighted by Crippen LogP contribution is -1.91. The lowest BCUT2D eigenvalue weighted by Gasteiger charge is -1.97. The molecule has 2 nitrogen and oxygen atoms in total. The number of hydrogen-bond acceptors (Lipinski definition) is 1. The van der Waals surface area contributed by atoms with Crippen LogP contribution in [0.15, 0.2) is 18.2 Å². The summed E-state index contributed by atoms with van der Waals surface area (Å²) in [6.45, 7) is 16.2. The topological polar surface area (TPSA) is 17.8 Å². The predicted molar refractivity (Wildman–Crippen MR) is 84.2 cm³/mol. The summed E-state index contributed by atoms with van der Waals surface area (Å²) in [6, 6.07) is 6.31. The number of para-hydroxylation sites is 1. The van der Waals surface area contributed by atoms with Crippen LogP contribution in [0.5, 0.6) is 0 Å². The minimum absolute atomic E-state index is 1.11. The summed E-state index contributed by atoms with van der Waals surface area (Å²) in [6.07, 6.45) is 0. The molecule has 0 aliphatic rings. The van der Waals surface area contributed by atoms with E-state index >= 15 is 0 Å². The van der Waals surface area contributed by atoms with E-state index in [1.165, 1.54) is 16.5 Å². The van der Waals surface area contributed by atoms with Crippen LogP contribution in [0.2, 0.25) is 0 Å². The molecule has 0 bridgehead atoms. The van der Waals surface area contributed by atoms with Gasteiger partial charge in [0, 0.05) is 12.4 Å². The predicted octanol–water partition coefficient (Wildman–Crippen LogP) is 5.27. The van der Waals surface area contributed by atoms with Crippen molar-refractivity contribution in [2.24, 2.45) is 7.05 Å². The van der Waals surface area contributed by atoms with Crippen molar-refractivity contribution in [3.05, 3.63) is 29.5 Å². The summed E-state index contributed by atoms with van der Waals surface area (Å²) in [7, 11) is 1.99. The van der Waals surface area contributed by atoms with Gasteiger partial charge in [0.15, 0.2) is 0 Å². The highest BCUT2D eigenvalue weighted by molar-refractivity contribution is 5.84. The molecule has 0 aliphatic heterocycles. The third-order valence-electron chi connectivity index (χ3n) is 2.25. The highest BCUT2D eigenvalue weighted by Crippen LogP contribution is 2.19. The third-order valence-corrected chi connectivity index (χ3v) is 2.25. The lowest BCUT2D eigenvalue weighted by molar-refractivity contribution is 0.781. The molecule has 104 valence electrons. The maximum absolute atomic E-state index is 4.37. The van der Waals surface area contributed by atoms with E-state index in [9.17, 15) is 0 Å². The Morgan fingerprint density at radius 2 is 1.39 bits per heavy atom. The number of benzene rings is 1. The smallest absolute Gasteiger partial charge is 0.0711 e. The Morgan fingerprint density at radius 3 is 1.83 bits per heavy atom. The molecule has 0 radical (unpaired) electrons. The Labute approximate surface area is 113 Å². The first-order chi connectivity index (χ1) is 8.70. The largest absolute Gasteiger partial charge is 0.267 e. The van der Waals surface area contributed by atoms with Gasteiger partial charge in [0.05, 0.1) is 11.2 Å². The molecule has 18 heavy (non-hydrogen) atoms. The zero-order valence-corrected chi connectivity index (χ0v) is 13.6. The van der Waals surface area contributed by atoms with Gasteiger partial charge in [-0.05, 0) is 19.4 Å². The van der Waals surface area contributed by atoms with Gasteiger partial charge in [-0.25, -0.2) is 0 Å². The molecule has 2 rings (SSSR count). The van der Waals surface area contributed by atoms with Gasteiger partial charge in [-0.3, -0.25) is 4.68 Å². The summed E-state index contributed by atoms with van der Waals surface area (Å²) in [5.74, 6) is 0. The van der Waals surface area contributed by atoms with Crippen molar-refractivity contribution in [2.45, 2.75) is 55.4 Å². The molecule has 0 spiro atoms. The molecule has 0 N–H and O–H groups in total. The van der Waals surface area contributed by atoms with Crippen LogP contribution >= 0.6 is 0 Å². The lowest BCUT2D eigenvalue weighted by atomic mass is 10.1. The average molecular weight is 250 g/mol. The summed E-state index contributed by atoms with van der Waals surface area (Å²) >= 11 is 0. The number of aromatic nitrogens is 2. The Morgan fingerprint density at radius 1 is 0.889 bits per heavy atom. The Kier molecular flexibility index (Phi) is 11.4. The van der Waals surface area contributed by atoms with Crippen LogP contribution in [-0.2, 0) is 7.05 Å². The zero-order valence-electron chi connectivity index (χ0n) is 13.6. The Hall–Kier alpha value is -1.31.